The first-order valence-electron chi connectivity index (χ1n) is 12.6. The fourth-order valence-electron chi connectivity index (χ4n) is 4.03. The van der Waals surface area contributed by atoms with Gasteiger partial charge in [-0.05, 0) is 88.0 Å². The topological polar surface area (TPSA) is 71.0 Å². The number of rotatable bonds is 11. The lowest BCUT2D eigenvalue weighted by molar-refractivity contribution is -0.109. The maximum atomic E-state index is 14.2. The number of carbonyl (C=O) groups is 1. The van der Waals surface area contributed by atoms with Crippen molar-refractivity contribution in [2.75, 3.05) is 48.0 Å². The number of hydrogen-bond acceptors (Lipinski definition) is 5. The third-order valence-electron chi connectivity index (χ3n) is 5.79. The zero-order valence-corrected chi connectivity index (χ0v) is 22.6. The molecule has 8 heteroatoms. The van der Waals surface area contributed by atoms with Crippen LogP contribution in [-0.2, 0) is 16.0 Å². The third kappa shape index (κ3) is 13.2. The van der Waals surface area contributed by atoms with Crippen LogP contribution in [0.4, 0.5) is 8.78 Å². The predicted octanol–water partition coefficient (Wildman–Crippen LogP) is 5.59. The Morgan fingerprint density at radius 3 is 2.30 bits per heavy atom. The van der Waals surface area contributed by atoms with Crippen LogP contribution in [0, 0.1) is 11.6 Å². The van der Waals surface area contributed by atoms with Gasteiger partial charge in [-0.25, -0.2) is 8.78 Å². The lowest BCUT2D eigenvalue weighted by Crippen LogP contribution is -2.20. The van der Waals surface area contributed by atoms with Crippen LogP contribution in [-0.4, -0.2) is 64.4 Å². The summed E-state index contributed by atoms with van der Waals surface area (Å²) in [5.41, 5.74) is 2.38. The molecule has 1 amide bonds. The van der Waals surface area contributed by atoms with Crippen LogP contribution >= 0.6 is 0 Å². The SMILES string of the molecule is CNC=O.COC.COc1ccc(C/C(=C/c2ccc(F)cc2F)CCCCCN2CCCC2)cc1O. The molecule has 3 rings (SSSR count). The molecule has 0 bridgehead atoms. The Morgan fingerprint density at radius 1 is 1.05 bits per heavy atom. The quantitative estimate of drug-likeness (QED) is 0.299. The number of aromatic hydroxyl groups is 1. The van der Waals surface area contributed by atoms with Gasteiger partial charge in [-0.2, -0.15) is 0 Å². The summed E-state index contributed by atoms with van der Waals surface area (Å²) < 4.78 is 36.8. The fraction of sp³-hybridized carbons (Fsp3) is 0.483. The van der Waals surface area contributed by atoms with E-state index in [4.69, 9.17) is 9.53 Å². The van der Waals surface area contributed by atoms with Gasteiger partial charge in [0, 0.05) is 32.9 Å². The molecule has 0 spiro atoms. The van der Waals surface area contributed by atoms with E-state index in [0.29, 0.717) is 24.1 Å². The number of ether oxygens (including phenoxy) is 2. The van der Waals surface area contributed by atoms with E-state index in [-0.39, 0.29) is 5.75 Å². The lowest BCUT2D eigenvalue weighted by atomic mass is 9.97. The van der Waals surface area contributed by atoms with Crippen LogP contribution in [0.1, 0.15) is 49.7 Å². The number of methoxy groups -OCH3 is 2. The van der Waals surface area contributed by atoms with Crippen LogP contribution in [0.5, 0.6) is 11.5 Å². The van der Waals surface area contributed by atoms with E-state index in [0.717, 1.165) is 43.0 Å². The molecule has 1 fully saturated rings. The highest BCUT2D eigenvalue weighted by Crippen LogP contribution is 2.29. The summed E-state index contributed by atoms with van der Waals surface area (Å²) in [6, 6.07) is 8.99. The fourth-order valence-corrected chi connectivity index (χ4v) is 4.03. The van der Waals surface area contributed by atoms with Gasteiger partial charge >= 0.3 is 0 Å². The van der Waals surface area contributed by atoms with Crippen molar-refractivity contribution < 1.29 is 28.2 Å². The molecule has 37 heavy (non-hydrogen) atoms. The first-order chi connectivity index (χ1) is 17.9. The van der Waals surface area contributed by atoms with Crippen molar-refractivity contribution >= 4 is 12.5 Å². The van der Waals surface area contributed by atoms with Crippen LogP contribution in [0.25, 0.3) is 6.08 Å². The molecule has 2 aromatic rings. The second-order valence-electron chi connectivity index (χ2n) is 8.83. The average Bonchev–Trinajstić information content (AvgIpc) is 3.40. The number of hydrogen-bond donors (Lipinski definition) is 2. The van der Waals surface area contributed by atoms with Crippen LogP contribution < -0.4 is 10.1 Å². The van der Waals surface area contributed by atoms with Crippen molar-refractivity contribution in [3.8, 4) is 11.5 Å². The molecule has 1 heterocycles. The number of nitrogens with zero attached hydrogens (tertiary/aromatic N) is 1. The molecule has 2 N–H and O–H groups in total. The number of phenolic OH excluding ortho intramolecular Hbond substituents is 1. The van der Waals surface area contributed by atoms with Crippen LogP contribution in [0.3, 0.4) is 0 Å². The zero-order chi connectivity index (χ0) is 27.5. The number of carbonyl (C=O) groups excluding carboxylic acids is 1. The molecule has 2 aromatic carbocycles. The van der Waals surface area contributed by atoms with Gasteiger partial charge in [-0.3, -0.25) is 4.79 Å². The normalized spacial score (nSPS) is 13.2. The Morgan fingerprint density at radius 2 is 1.73 bits per heavy atom. The van der Waals surface area contributed by atoms with Crippen molar-refractivity contribution in [1.82, 2.24) is 10.2 Å². The minimum atomic E-state index is -0.576. The minimum absolute atomic E-state index is 0.0907. The summed E-state index contributed by atoms with van der Waals surface area (Å²) in [6.07, 6.45) is 9.80. The summed E-state index contributed by atoms with van der Waals surface area (Å²) in [5.74, 6) is -0.615. The maximum Gasteiger partial charge on any atom is 0.206 e. The zero-order valence-electron chi connectivity index (χ0n) is 22.6. The molecule has 1 aliphatic heterocycles. The van der Waals surface area contributed by atoms with Crippen molar-refractivity contribution in [1.29, 1.82) is 0 Å². The van der Waals surface area contributed by atoms with E-state index in [1.807, 2.05) is 12.1 Å². The molecule has 0 radical (unpaired) electrons. The Bertz CT molecular complexity index is 947. The minimum Gasteiger partial charge on any atom is -0.504 e. The van der Waals surface area contributed by atoms with Gasteiger partial charge in [0.15, 0.2) is 11.5 Å². The number of phenols is 1. The molecule has 1 saturated heterocycles. The first kappa shape index (κ1) is 32.1. The molecule has 0 saturated carbocycles. The monoisotopic (exact) mass is 520 g/mol. The van der Waals surface area contributed by atoms with Gasteiger partial charge < -0.3 is 24.8 Å². The number of halogens is 2. The Labute approximate surface area is 220 Å². The van der Waals surface area contributed by atoms with Crippen molar-refractivity contribution in [3.05, 3.63) is 64.7 Å². The van der Waals surface area contributed by atoms with Crippen molar-refractivity contribution in [3.63, 3.8) is 0 Å². The largest absolute Gasteiger partial charge is 0.504 e. The molecule has 0 atom stereocenters. The van der Waals surface area contributed by atoms with Gasteiger partial charge in [0.1, 0.15) is 11.6 Å². The highest BCUT2D eigenvalue weighted by Gasteiger charge is 2.11. The summed E-state index contributed by atoms with van der Waals surface area (Å²) in [4.78, 5) is 11.6. The van der Waals surface area contributed by atoms with E-state index in [1.54, 1.807) is 33.4 Å². The molecular formula is C29H42F2N2O4. The third-order valence-corrected chi connectivity index (χ3v) is 5.79. The Balaban J connectivity index is 0.000000873. The number of unbranched alkanes of at least 4 members (excludes halogenated alkanes) is 2. The predicted molar refractivity (Wildman–Crippen MR) is 145 cm³/mol. The molecule has 206 valence electrons. The summed E-state index contributed by atoms with van der Waals surface area (Å²) >= 11 is 0. The van der Waals surface area contributed by atoms with Gasteiger partial charge in [-0.1, -0.05) is 24.1 Å². The van der Waals surface area contributed by atoms with E-state index in [2.05, 4.69) is 15.0 Å². The average molecular weight is 521 g/mol. The number of amides is 1. The summed E-state index contributed by atoms with van der Waals surface area (Å²) in [6.45, 7) is 3.59. The van der Waals surface area contributed by atoms with Crippen LogP contribution in [0.2, 0.25) is 0 Å². The van der Waals surface area contributed by atoms with Gasteiger partial charge in [-0.15, -0.1) is 0 Å². The molecule has 0 unspecified atom stereocenters. The van der Waals surface area contributed by atoms with Crippen molar-refractivity contribution in [2.24, 2.45) is 0 Å². The Hall–Kier alpha value is -2.97. The number of nitrogens with one attached hydrogen (secondary N) is 1. The smallest absolute Gasteiger partial charge is 0.206 e. The van der Waals surface area contributed by atoms with E-state index in [1.165, 1.54) is 51.6 Å². The first-order valence-corrected chi connectivity index (χ1v) is 12.6. The number of likely N-dealkylation sites (tertiary alicyclic amines) is 1. The highest BCUT2D eigenvalue weighted by atomic mass is 19.1. The molecular weight excluding hydrogens is 478 g/mol. The summed E-state index contributed by atoms with van der Waals surface area (Å²) in [5, 5.41) is 12.3. The van der Waals surface area contributed by atoms with Crippen LogP contribution in [0.15, 0.2) is 42.0 Å². The second kappa shape index (κ2) is 19.2. The highest BCUT2D eigenvalue weighted by molar-refractivity contribution is 5.55. The summed E-state index contributed by atoms with van der Waals surface area (Å²) in [7, 11) is 6.33. The maximum absolute atomic E-state index is 14.2. The second-order valence-corrected chi connectivity index (χ2v) is 8.83. The molecule has 6 nitrogen and oxygen atoms in total. The van der Waals surface area contributed by atoms with E-state index >= 15 is 0 Å². The van der Waals surface area contributed by atoms with Gasteiger partial charge in [0.2, 0.25) is 6.41 Å². The van der Waals surface area contributed by atoms with Gasteiger partial charge in [0.05, 0.1) is 7.11 Å². The number of benzene rings is 2. The standard InChI is InChI=1S/C25H31F2NO2.C2H5NO.C2H6O/c1-30-25-11-8-20(17-24(25)29)15-19(16-21-9-10-22(26)18-23(21)27)7-3-2-4-12-28-13-5-6-14-28;1-3-2-4;1-3-2/h8-11,16-18,29H,2-7,12-15H2,1H3;2H,1H3,(H,3,4);1-2H3/b19-16+;;. The van der Waals surface area contributed by atoms with Gasteiger partial charge in [0.25, 0.3) is 0 Å². The molecule has 0 aliphatic carbocycles. The van der Waals surface area contributed by atoms with Crippen molar-refractivity contribution in [2.45, 2.75) is 44.9 Å². The lowest BCUT2D eigenvalue weighted by Gasteiger charge is -2.14. The Kier molecular flexibility index (Phi) is 16.6. The number of allylic oxidation sites excluding steroid dienone is 1. The van der Waals surface area contributed by atoms with E-state index in [9.17, 15) is 13.9 Å². The molecule has 0 aromatic heterocycles. The molecule has 1 aliphatic rings. The van der Waals surface area contributed by atoms with E-state index < -0.39 is 11.6 Å².